The van der Waals surface area contributed by atoms with E-state index < -0.39 is 0 Å². The summed E-state index contributed by atoms with van der Waals surface area (Å²) in [6.07, 6.45) is 4.90. The van der Waals surface area contributed by atoms with Gasteiger partial charge in [-0.1, -0.05) is 0 Å². The van der Waals surface area contributed by atoms with Gasteiger partial charge in [0.25, 0.3) is 5.91 Å². The molecule has 0 aliphatic heterocycles. The molecule has 0 bridgehead atoms. The Labute approximate surface area is 69.9 Å². The number of nitrogens with two attached hydrogens (primary N) is 1. The molecule has 0 aromatic carbocycles. The van der Waals surface area contributed by atoms with Crippen molar-refractivity contribution in [1.29, 1.82) is 0 Å². The molecule has 1 saturated carbocycles. The molecule has 1 aliphatic rings. The van der Waals surface area contributed by atoms with E-state index in [9.17, 15) is 4.79 Å². The van der Waals surface area contributed by atoms with E-state index in [0.29, 0.717) is 5.56 Å². The lowest BCUT2D eigenvalue weighted by Crippen LogP contribution is -2.38. The largest absolute Gasteiger partial charge is 0.472 e. The van der Waals surface area contributed by atoms with Crippen LogP contribution in [0.2, 0.25) is 0 Å². The van der Waals surface area contributed by atoms with E-state index in [0.717, 1.165) is 12.8 Å². The zero-order valence-corrected chi connectivity index (χ0v) is 6.56. The molecule has 1 aromatic rings. The van der Waals surface area contributed by atoms with Gasteiger partial charge in [-0.3, -0.25) is 9.80 Å². The lowest BCUT2D eigenvalue weighted by atomic mass is 10.3. The van der Waals surface area contributed by atoms with Crippen molar-refractivity contribution in [3.8, 4) is 0 Å². The summed E-state index contributed by atoms with van der Waals surface area (Å²) in [6, 6.07) is 1.86. The molecule has 64 valence electrons. The maximum atomic E-state index is 11.4. The van der Waals surface area contributed by atoms with E-state index in [2.05, 4.69) is 0 Å². The van der Waals surface area contributed by atoms with Crippen LogP contribution in [-0.2, 0) is 0 Å². The van der Waals surface area contributed by atoms with Gasteiger partial charge in [0, 0.05) is 6.04 Å². The van der Waals surface area contributed by atoms with Crippen molar-refractivity contribution in [2.75, 3.05) is 0 Å². The van der Waals surface area contributed by atoms with Gasteiger partial charge in [-0.25, -0.2) is 5.84 Å². The molecule has 1 fully saturated rings. The molecule has 1 amide bonds. The Kier molecular flexibility index (Phi) is 1.62. The third-order valence-electron chi connectivity index (χ3n) is 1.94. The summed E-state index contributed by atoms with van der Waals surface area (Å²) in [6.45, 7) is 0. The smallest absolute Gasteiger partial charge is 0.271 e. The van der Waals surface area contributed by atoms with E-state index in [-0.39, 0.29) is 11.9 Å². The molecule has 2 N–H and O–H groups in total. The van der Waals surface area contributed by atoms with E-state index >= 15 is 0 Å². The number of amides is 1. The van der Waals surface area contributed by atoms with Crippen molar-refractivity contribution in [2.24, 2.45) is 5.84 Å². The van der Waals surface area contributed by atoms with E-state index in [1.54, 1.807) is 6.07 Å². The minimum absolute atomic E-state index is 0.161. The third kappa shape index (κ3) is 1.21. The fourth-order valence-electron chi connectivity index (χ4n) is 1.05. The monoisotopic (exact) mass is 166 g/mol. The molecule has 2 rings (SSSR count). The first-order chi connectivity index (χ1) is 5.79. The van der Waals surface area contributed by atoms with E-state index in [1.807, 2.05) is 0 Å². The predicted octanol–water partition coefficient (Wildman–Crippen LogP) is 0.758. The highest BCUT2D eigenvalue weighted by atomic mass is 16.3. The summed E-state index contributed by atoms with van der Waals surface area (Å²) in [7, 11) is 0. The number of hydrogen-bond acceptors (Lipinski definition) is 3. The van der Waals surface area contributed by atoms with Gasteiger partial charge in [0.05, 0.1) is 11.8 Å². The van der Waals surface area contributed by atoms with Crippen molar-refractivity contribution in [2.45, 2.75) is 18.9 Å². The zero-order chi connectivity index (χ0) is 8.55. The van der Waals surface area contributed by atoms with Crippen LogP contribution in [0.25, 0.3) is 0 Å². The van der Waals surface area contributed by atoms with Crippen LogP contribution < -0.4 is 5.84 Å². The second kappa shape index (κ2) is 2.64. The minimum Gasteiger partial charge on any atom is -0.472 e. The van der Waals surface area contributed by atoms with Crippen LogP contribution in [-0.4, -0.2) is 17.0 Å². The highest BCUT2D eigenvalue weighted by Gasteiger charge is 2.31. The average molecular weight is 166 g/mol. The number of rotatable bonds is 2. The Balaban J connectivity index is 2.09. The highest BCUT2D eigenvalue weighted by Crippen LogP contribution is 2.25. The summed E-state index contributed by atoms with van der Waals surface area (Å²) >= 11 is 0. The van der Waals surface area contributed by atoms with Crippen LogP contribution in [0, 0.1) is 0 Å². The molecular weight excluding hydrogens is 156 g/mol. The van der Waals surface area contributed by atoms with Gasteiger partial charge >= 0.3 is 0 Å². The Bertz CT molecular complexity index is 277. The molecule has 0 atom stereocenters. The van der Waals surface area contributed by atoms with Gasteiger partial charge in [-0.2, -0.15) is 0 Å². The Morgan fingerprint density at radius 3 is 2.92 bits per heavy atom. The maximum absolute atomic E-state index is 11.4. The SMILES string of the molecule is NN(C(=O)c1ccoc1)C1CC1. The second-order valence-corrected chi connectivity index (χ2v) is 2.96. The average Bonchev–Trinajstić information content (AvgIpc) is 2.79. The highest BCUT2D eigenvalue weighted by molar-refractivity contribution is 5.93. The van der Waals surface area contributed by atoms with Crippen LogP contribution >= 0.6 is 0 Å². The molecule has 1 aliphatic carbocycles. The maximum Gasteiger partial charge on any atom is 0.271 e. The fraction of sp³-hybridized carbons (Fsp3) is 0.375. The number of furan rings is 1. The lowest BCUT2D eigenvalue weighted by Gasteiger charge is -2.13. The van der Waals surface area contributed by atoms with Crippen molar-refractivity contribution in [1.82, 2.24) is 5.01 Å². The zero-order valence-electron chi connectivity index (χ0n) is 6.56. The Hall–Kier alpha value is -1.29. The molecular formula is C8H10N2O2. The molecule has 4 nitrogen and oxygen atoms in total. The van der Waals surface area contributed by atoms with Crippen LogP contribution in [0.4, 0.5) is 0 Å². The first-order valence-electron chi connectivity index (χ1n) is 3.89. The molecule has 12 heavy (non-hydrogen) atoms. The quantitative estimate of drug-likeness (QED) is 0.401. The summed E-state index contributed by atoms with van der Waals surface area (Å²) < 4.78 is 4.78. The number of carbonyl (C=O) groups excluding carboxylic acids is 1. The van der Waals surface area contributed by atoms with Crippen LogP contribution in [0.5, 0.6) is 0 Å². The normalized spacial score (nSPS) is 16.1. The molecule has 0 radical (unpaired) electrons. The third-order valence-corrected chi connectivity index (χ3v) is 1.94. The van der Waals surface area contributed by atoms with Gasteiger partial charge in [0.15, 0.2) is 0 Å². The minimum atomic E-state index is -0.161. The Morgan fingerprint density at radius 2 is 2.42 bits per heavy atom. The van der Waals surface area contributed by atoms with Crippen molar-refractivity contribution < 1.29 is 9.21 Å². The first kappa shape index (κ1) is 7.36. The Morgan fingerprint density at radius 1 is 1.67 bits per heavy atom. The van der Waals surface area contributed by atoms with E-state index in [4.69, 9.17) is 10.3 Å². The van der Waals surface area contributed by atoms with Gasteiger partial charge in [-0.15, -0.1) is 0 Å². The number of nitrogens with zero attached hydrogens (tertiary/aromatic N) is 1. The van der Waals surface area contributed by atoms with Crippen LogP contribution in [0.3, 0.4) is 0 Å². The first-order valence-corrected chi connectivity index (χ1v) is 3.89. The van der Waals surface area contributed by atoms with Gasteiger partial charge < -0.3 is 4.42 Å². The molecule has 1 heterocycles. The molecule has 0 spiro atoms. The van der Waals surface area contributed by atoms with Crippen molar-refractivity contribution >= 4 is 5.91 Å². The molecule has 1 aromatic heterocycles. The lowest BCUT2D eigenvalue weighted by molar-refractivity contribution is 0.0742. The molecule has 0 unspecified atom stereocenters. The summed E-state index contributed by atoms with van der Waals surface area (Å²) in [5.41, 5.74) is 0.518. The summed E-state index contributed by atoms with van der Waals surface area (Å²) in [5, 5.41) is 1.28. The summed E-state index contributed by atoms with van der Waals surface area (Å²) in [5.74, 6) is 5.39. The number of hydrazine groups is 1. The van der Waals surface area contributed by atoms with Crippen molar-refractivity contribution in [3.63, 3.8) is 0 Å². The number of carbonyl (C=O) groups is 1. The summed E-state index contributed by atoms with van der Waals surface area (Å²) in [4.78, 5) is 11.4. The standard InChI is InChI=1S/C8H10N2O2/c9-10(7-1-2-7)8(11)6-3-4-12-5-6/h3-5,7H,1-2,9H2. The van der Waals surface area contributed by atoms with Gasteiger partial charge in [0.2, 0.25) is 0 Å². The van der Waals surface area contributed by atoms with Gasteiger partial charge in [-0.05, 0) is 18.9 Å². The predicted molar refractivity (Wildman–Crippen MR) is 42.1 cm³/mol. The van der Waals surface area contributed by atoms with Crippen molar-refractivity contribution in [3.05, 3.63) is 24.2 Å². The number of hydrogen-bond donors (Lipinski definition) is 1. The fourth-order valence-corrected chi connectivity index (χ4v) is 1.05. The topological polar surface area (TPSA) is 59.5 Å². The molecule has 0 saturated heterocycles. The van der Waals surface area contributed by atoms with Gasteiger partial charge in [0.1, 0.15) is 6.26 Å². The van der Waals surface area contributed by atoms with E-state index in [1.165, 1.54) is 17.5 Å². The second-order valence-electron chi connectivity index (χ2n) is 2.96. The van der Waals surface area contributed by atoms with Crippen LogP contribution in [0.1, 0.15) is 23.2 Å². The van der Waals surface area contributed by atoms with Crippen LogP contribution in [0.15, 0.2) is 23.0 Å². The molecule has 4 heteroatoms.